The summed E-state index contributed by atoms with van der Waals surface area (Å²) in [4.78, 5) is 13.0. The van der Waals surface area contributed by atoms with Crippen molar-refractivity contribution in [2.24, 2.45) is 0 Å². The van der Waals surface area contributed by atoms with Crippen molar-refractivity contribution in [1.82, 2.24) is 5.32 Å². The number of carbonyl (C=O) groups is 1. The highest BCUT2D eigenvalue weighted by Gasteiger charge is 2.44. The van der Waals surface area contributed by atoms with Crippen molar-refractivity contribution in [1.29, 1.82) is 0 Å². The summed E-state index contributed by atoms with van der Waals surface area (Å²) in [7, 11) is 0. The topological polar surface area (TPSA) is 149 Å². The molecular formula is C57H111NO8. The van der Waals surface area contributed by atoms with Gasteiger partial charge in [0.25, 0.3) is 0 Å². The van der Waals surface area contributed by atoms with Gasteiger partial charge >= 0.3 is 0 Å². The number of hydrogen-bond acceptors (Lipinski definition) is 8. The summed E-state index contributed by atoms with van der Waals surface area (Å²) in [5.74, 6) is -0.171. The number of amides is 1. The molecule has 0 aromatic heterocycles. The molecule has 7 atom stereocenters. The molecule has 1 heterocycles. The highest BCUT2D eigenvalue weighted by Crippen LogP contribution is 2.23. The van der Waals surface area contributed by atoms with E-state index in [0.29, 0.717) is 6.42 Å². The van der Waals surface area contributed by atoms with Crippen LogP contribution in [0.3, 0.4) is 0 Å². The van der Waals surface area contributed by atoms with Gasteiger partial charge in [-0.2, -0.15) is 0 Å². The average molecular weight is 939 g/mol. The Morgan fingerprint density at radius 1 is 0.500 bits per heavy atom. The van der Waals surface area contributed by atoms with Crippen molar-refractivity contribution >= 4 is 5.91 Å². The van der Waals surface area contributed by atoms with Gasteiger partial charge < -0.3 is 40.3 Å². The largest absolute Gasteiger partial charge is 0.394 e. The first-order valence-corrected chi connectivity index (χ1v) is 28.9. The van der Waals surface area contributed by atoms with E-state index in [1.54, 1.807) is 6.08 Å². The molecule has 66 heavy (non-hydrogen) atoms. The molecular weight excluding hydrogens is 827 g/mol. The van der Waals surface area contributed by atoms with Gasteiger partial charge in [0.2, 0.25) is 5.91 Å². The van der Waals surface area contributed by atoms with Gasteiger partial charge in [-0.05, 0) is 19.3 Å². The van der Waals surface area contributed by atoms with Gasteiger partial charge in [-0.25, -0.2) is 0 Å². The Labute approximate surface area is 407 Å². The minimum atomic E-state index is -1.56. The lowest BCUT2D eigenvalue weighted by molar-refractivity contribution is -0.302. The molecule has 9 heteroatoms. The Hall–Kier alpha value is -1.07. The number of carbonyl (C=O) groups excluding carboxylic acids is 1. The van der Waals surface area contributed by atoms with Crippen LogP contribution in [0.25, 0.3) is 0 Å². The molecule has 1 aliphatic rings. The molecule has 1 saturated heterocycles. The van der Waals surface area contributed by atoms with Crippen molar-refractivity contribution in [2.45, 2.75) is 333 Å². The molecule has 1 amide bonds. The van der Waals surface area contributed by atoms with Crippen LogP contribution in [0.15, 0.2) is 12.2 Å². The lowest BCUT2D eigenvalue weighted by Crippen LogP contribution is -2.60. The zero-order chi connectivity index (χ0) is 48.0. The van der Waals surface area contributed by atoms with Gasteiger partial charge in [-0.1, -0.05) is 276 Å². The van der Waals surface area contributed by atoms with E-state index in [1.807, 2.05) is 6.08 Å². The summed E-state index contributed by atoms with van der Waals surface area (Å²) in [5, 5.41) is 54.4. The fourth-order valence-corrected chi connectivity index (χ4v) is 9.51. The van der Waals surface area contributed by atoms with Crippen LogP contribution in [-0.2, 0) is 14.3 Å². The summed E-state index contributed by atoms with van der Waals surface area (Å²) in [5.41, 5.74) is 0. The molecule has 0 aromatic carbocycles. The standard InChI is InChI=1S/C57H111NO8/c1-3-5-7-9-11-13-15-17-19-20-21-22-23-24-25-26-27-28-29-30-31-32-33-35-37-39-41-43-45-47-53(61)58-50(49-65-57-56(64)55(63)54(62)52(48-59)66-57)51(60)46-44-42-40-38-36-34-18-16-14-12-10-8-6-4-2/h44,46,50-52,54-57,59-60,62-64H,3-43,45,47-49H2,1-2H3,(H,58,61)/b46-44+. The number of rotatable bonds is 50. The normalized spacial score (nSPS) is 19.8. The van der Waals surface area contributed by atoms with Crippen LogP contribution in [0.4, 0.5) is 0 Å². The lowest BCUT2D eigenvalue weighted by atomic mass is 9.99. The van der Waals surface area contributed by atoms with Crippen molar-refractivity contribution in [3.8, 4) is 0 Å². The van der Waals surface area contributed by atoms with Crippen molar-refractivity contribution in [3.05, 3.63) is 12.2 Å². The van der Waals surface area contributed by atoms with Crippen molar-refractivity contribution < 1.29 is 39.8 Å². The first-order chi connectivity index (χ1) is 32.3. The summed E-state index contributed by atoms with van der Waals surface area (Å²) in [6.45, 7) is 3.81. The molecule has 1 aliphatic heterocycles. The molecule has 0 aliphatic carbocycles. The molecule has 1 fully saturated rings. The highest BCUT2D eigenvalue weighted by atomic mass is 16.7. The van der Waals surface area contributed by atoms with Crippen LogP contribution in [0, 0.1) is 0 Å². The number of hydrogen-bond donors (Lipinski definition) is 6. The number of nitrogens with one attached hydrogen (secondary N) is 1. The maximum Gasteiger partial charge on any atom is 0.220 e. The van der Waals surface area contributed by atoms with Gasteiger partial charge in [0.1, 0.15) is 24.4 Å². The predicted molar refractivity (Wildman–Crippen MR) is 277 cm³/mol. The lowest BCUT2D eigenvalue weighted by Gasteiger charge is -2.40. The molecule has 0 bridgehead atoms. The van der Waals surface area contributed by atoms with Crippen LogP contribution in [-0.4, -0.2) is 87.5 Å². The molecule has 0 saturated carbocycles. The molecule has 6 N–H and O–H groups in total. The molecule has 7 unspecified atom stereocenters. The van der Waals surface area contributed by atoms with Gasteiger partial charge in [-0.3, -0.25) is 4.79 Å². The van der Waals surface area contributed by atoms with Crippen molar-refractivity contribution in [2.75, 3.05) is 13.2 Å². The number of ether oxygens (including phenoxy) is 2. The zero-order valence-corrected chi connectivity index (χ0v) is 43.5. The first kappa shape index (κ1) is 62.9. The van der Waals surface area contributed by atoms with Gasteiger partial charge in [0.05, 0.1) is 25.4 Å². The van der Waals surface area contributed by atoms with Gasteiger partial charge in [-0.15, -0.1) is 0 Å². The maximum absolute atomic E-state index is 13.0. The smallest absolute Gasteiger partial charge is 0.220 e. The van der Waals surface area contributed by atoms with E-state index in [4.69, 9.17) is 9.47 Å². The van der Waals surface area contributed by atoms with Crippen LogP contribution >= 0.6 is 0 Å². The van der Waals surface area contributed by atoms with E-state index < -0.39 is 49.5 Å². The third-order valence-corrected chi connectivity index (χ3v) is 14.1. The van der Waals surface area contributed by atoms with E-state index in [2.05, 4.69) is 19.2 Å². The fraction of sp³-hybridized carbons (Fsp3) is 0.947. The minimum Gasteiger partial charge on any atom is -0.394 e. The molecule has 0 radical (unpaired) electrons. The van der Waals surface area contributed by atoms with E-state index in [9.17, 15) is 30.3 Å². The molecule has 1 rings (SSSR count). The van der Waals surface area contributed by atoms with E-state index in [0.717, 1.165) is 38.5 Å². The second-order valence-corrected chi connectivity index (χ2v) is 20.5. The Morgan fingerprint density at radius 3 is 1.18 bits per heavy atom. The van der Waals surface area contributed by atoms with Gasteiger partial charge in [0.15, 0.2) is 6.29 Å². The molecule has 9 nitrogen and oxygen atoms in total. The number of aliphatic hydroxyl groups excluding tert-OH is 5. The minimum absolute atomic E-state index is 0.171. The van der Waals surface area contributed by atoms with Crippen LogP contribution in [0.1, 0.15) is 290 Å². The predicted octanol–water partition coefficient (Wildman–Crippen LogP) is 14.0. The van der Waals surface area contributed by atoms with E-state index >= 15 is 0 Å². The summed E-state index contributed by atoms with van der Waals surface area (Å²) >= 11 is 0. The zero-order valence-electron chi connectivity index (χ0n) is 43.5. The second-order valence-electron chi connectivity index (χ2n) is 20.5. The third-order valence-electron chi connectivity index (χ3n) is 14.1. The summed E-state index contributed by atoms with van der Waals surface area (Å²) < 4.78 is 11.3. The summed E-state index contributed by atoms with van der Waals surface area (Å²) in [6, 6.07) is -0.799. The quantitative estimate of drug-likeness (QED) is 0.0261. The van der Waals surface area contributed by atoms with E-state index in [1.165, 1.54) is 231 Å². The number of unbranched alkanes of at least 4 members (excludes halogenated alkanes) is 40. The highest BCUT2D eigenvalue weighted by molar-refractivity contribution is 5.76. The van der Waals surface area contributed by atoms with Crippen molar-refractivity contribution in [3.63, 3.8) is 0 Å². The van der Waals surface area contributed by atoms with Crippen LogP contribution < -0.4 is 5.32 Å². The monoisotopic (exact) mass is 938 g/mol. The van der Waals surface area contributed by atoms with Crippen LogP contribution in [0.2, 0.25) is 0 Å². The Kier molecular flexibility index (Phi) is 45.4. The summed E-state index contributed by atoms with van der Waals surface area (Å²) in [6.07, 6.45) is 51.5. The number of aliphatic hydroxyl groups is 5. The molecule has 392 valence electrons. The first-order valence-electron chi connectivity index (χ1n) is 28.9. The van der Waals surface area contributed by atoms with Crippen LogP contribution in [0.5, 0.6) is 0 Å². The third kappa shape index (κ3) is 36.9. The Bertz CT molecular complexity index is 1040. The van der Waals surface area contributed by atoms with E-state index in [-0.39, 0.29) is 12.5 Å². The maximum atomic E-state index is 13.0. The fourth-order valence-electron chi connectivity index (χ4n) is 9.51. The van der Waals surface area contributed by atoms with Gasteiger partial charge in [0, 0.05) is 6.42 Å². The average Bonchev–Trinajstić information content (AvgIpc) is 3.32. The molecule has 0 spiro atoms. The number of allylic oxidation sites excluding steroid dienone is 1. The SMILES string of the molecule is CCCCCCCCCCCCCC/C=C/C(O)C(COC1OC(CO)C(O)C(O)C1O)NC(=O)CCCCCCCCCCCCCCCCCCCCCCCCCCCCCCC. The molecule has 0 aromatic rings. The Balaban J connectivity index is 2.14. The Morgan fingerprint density at radius 2 is 0.833 bits per heavy atom. The second kappa shape index (κ2) is 47.6.